The molecule has 0 bridgehead atoms. The molecule has 0 saturated carbocycles. The Morgan fingerprint density at radius 1 is 1.05 bits per heavy atom. The van der Waals surface area contributed by atoms with Crippen LogP contribution in [0.3, 0.4) is 0 Å². The number of benzene rings is 2. The Hall–Kier alpha value is -2.16. The molecule has 4 rings (SSSR count). The number of fused-ring (bicyclic) bond motifs is 2. The molecule has 21 heavy (non-hydrogen) atoms. The van der Waals surface area contributed by atoms with Crippen molar-refractivity contribution in [2.75, 3.05) is 29.9 Å². The number of rotatable bonds is 1. The fourth-order valence-electron chi connectivity index (χ4n) is 3.32. The summed E-state index contributed by atoms with van der Waals surface area (Å²) in [5, 5.41) is 3.52. The molecule has 0 atom stereocenters. The van der Waals surface area contributed by atoms with Gasteiger partial charge in [-0.3, -0.25) is 0 Å². The molecule has 2 aromatic rings. The smallest absolute Gasteiger partial charge is 0.124 e. The lowest BCUT2D eigenvalue weighted by atomic mass is 10.0. The highest BCUT2D eigenvalue weighted by molar-refractivity contribution is 5.68. The van der Waals surface area contributed by atoms with E-state index in [0.717, 1.165) is 38.4 Å². The molecular formula is C18H20N2O. The summed E-state index contributed by atoms with van der Waals surface area (Å²) < 4.78 is 5.89. The van der Waals surface area contributed by atoms with E-state index in [0.29, 0.717) is 0 Å². The van der Waals surface area contributed by atoms with E-state index < -0.39 is 0 Å². The summed E-state index contributed by atoms with van der Waals surface area (Å²) in [5.41, 5.74) is 5.40. The van der Waals surface area contributed by atoms with Gasteiger partial charge >= 0.3 is 0 Å². The van der Waals surface area contributed by atoms with E-state index in [1.54, 1.807) is 0 Å². The van der Waals surface area contributed by atoms with E-state index in [2.05, 4.69) is 46.6 Å². The average Bonchev–Trinajstić information content (AvgIpc) is 2.76. The van der Waals surface area contributed by atoms with Gasteiger partial charge in [0.1, 0.15) is 12.4 Å². The Morgan fingerprint density at radius 3 is 3.00 bits per heavy atom. The number of para-hydroxylation sites is 1. The molecule has 0 amide bonds. The first kappa shape index (κ1) is 12.6. The summed E-state index contributed by atoms with van der Waals surface area (Å²) in [7, 11) is 0. The molecule has 0 saturated heterocycles. The SMILES string of the molecule is c1ccc2c(c1)CN(c1cccc3c1CCCN3)CCO2. The van der Waals surface area contributed by atoms with Gasteiger partial charge in [0, 0.05) is 30.0 Å². The number of ether oxygens (including phenoxy) is 1. The highest BCUT2D eigenvalue weighted by atomic mass is 16.5. The van der Waals surface area contributed by atoms with E-state index in [-0.39, 0.29) is 0 Å². The molecule has 0 fully saturated rings. The molecule has 2 aromatic carbocycles. The van der Waals surface area contributed by atoms with Gasteiger partial charge < -0.3 is 15.0 Å². The Labute approximate surface area is 125 Å². The molecule has 108 valence electrons. The minimum Gasteiger partial charge on any atom is -0.491 e. The van der Waals surface area contributed by atoms with Crippen LogP contribution in [0.5, 0.6) is 5.75 Å². The molecule has 2 aliphatic rings. The van der Waals surface area contributed by atoms with Gasteiger partial charge in [0.15, 0.2) is 0 Å². The molecule has 0 aromatic heterocycles. The van der Waals surface area contributed by atoms with E-state index in [4.69, 9.17) is 4.74 Å². The van der Waals surface area contributed by atoms with Crippen molar-refractivity contribution in [3.8, 4) is 5.75 Å². The van der Waals surface area contributed by atoms with Crippen LogP contribution in [0.15, 0.2) is 42.5 Å². The Kier molecular flexibility index (Phi) is 3.18. The summed E-state index contributed by atoms with van der Waals surface area (Å²) in [4.78, 5) is 2.46. The molecule has 3 heteroatoms. The molecular weight excluding hydrogens is 260 g/mol. The van der Waals surface area contributed by atoms with Crippen molar-refractivity contribution >= 4 is 11.4 Å². The van der Waals surface area contributed by atoms with E-state index in [9.17, 15) is 0 Å². The zero-order valence-corrected chi connectivity index (χ0v) is 12.1. The van der Waals surface area contributed by atoms with E-state index in [1.807, 2.05) is 6.07 Å². The van der Waals surface area contributed by atoms with Crippen molar-refractivity contribution in [2.45, 2.75) is 19.4 Å². The molecule has 0 aliphatic carbocycles. The zero-order valence-electron chi connectivity index (χ0n) is 12.1. The molecule has 2 aliphatic heterocycles. The second-order valence-corrected chi connectivity index (χ2v) is 5.71. The Bertz CT molecular complexity index is 653. The van der Waals surface area contributed by atoms with Gasteiger partial charge in [-0.2, -0.15) is 0 Å². The maximum absolute atomic E-state index is 5.89. The van der Waals surface area contributed by atoms with Crippen LogP contribution in [0.1, 0.15) is 17.5 Å². The van der Waals surface area contributed by atoms with Crippen LogP contribution in [0, 0.1) is 0 Å². The maximum atomic E-state index is 5.89. The number of hydrogen-bond acceptors (Lipinski definition) is 3. The van der Waals surface area contributed by atoms with Crippen molar-refractivity contribution in [3.05, 3.63) is 53.6 Å². The van der Waals surface area contributed by atoms with Gasteiger partial charge in [-0.15, -0.1) is 0 Å². The van der Waals surface area contributed by atoms with Crippen LogP contribution in [0.2, 0.25) is 0 Å². The number of nitrogens with one attached hydrogen (secondary N) is 1. The summed E-state index contributed by atoms with van der Waals surface area (Å²) in [6, 6.07) is 15.0. The molecule has 0 spiro atoms. The van der Waals surface area contributed by atoms with Crippen LogP contribution in [-0.4, -0.2) is 19.7 Å². The Morgan fingerprint density at radius 2 is 2.00 bits per heavy atom. The van der Waals surface area contributed by atoms with Crippen LogP contribution >= 0.6 is 0 Å². The van der Waals surface area contributed by atoms with Gasteiger partial charge in [-0.25, -0.2) is 0 Å². The van der Waals surface area contributed by atoms with Gasteiger partial charge in [-0.05, 0) is 36.6 Å². The number of anilines is 2. The van der Waals surface area contributed by atoms with Crippen LogP contribution in [0.25, 0.3) is 0 Å². The average molecular weight is 280 g/mol. The quantitative estimate of drug-likeness (QED) is 0.866. The second kappa shape index (κ2) is 5.32. The van der Waals surface area contributed by atoms with Crippen molar-refractivity contribution in [1.29, 1.82) is 0 Å². The van der Waals surface area contributed by atoms with Crippen LogP contribution in [-0.2, 0) is 13.0 Å². The van der Waals surface area contributed by atoms with Gasteiger partial charge in [0.2, 0.25) is 0 Å². The summed E-state index contributed by atoms with van der Waals surface area (Å²) in [6.07, 6.45) is 2.38. The molecule has 3 nitrogen and oxygen atoms in total. The third kappa shape index (κ3) is 2.33. The topological polar surface area (TPSA) is 24.5 Å². The Balaban J connectivity index is 1.71. The largest absolute Gasteiger partial charge is 0.491 e. The van der Waals surface area contributed by atoms with Gasteiger partial charge in [-0.1, -0.05) is 24.3 Å². The van der Waals surface area contributed by atoms with Crippen molar-refractivity contribution in [3.63, 3.8) is 0 Å². The highest BCUT2D eigenvalue weighted by Gasteiger charge is 2.20. The first-order valence-electron chi connectivity index (χ1n) is 7.73. The lowest BCUT2D eigenvalue weighted by Crippen LogP contribution is -2.27. The molecule has 0 radical (unpaired) electrons. The molecule has 2 heterocycles. The lowest BCUT2D eigenvalue weighted by Gasteiger charge is -2.28. The lowest BCUT2D eigenvalue weighted by molar-refractivity contribution is 0.331. The summed E-state index contributed by atoms with van der Waals surface area (Å²) in [5.74, 6) is 1.03. The fourth-order valence-corrected chi connectivity index (χ4v) is 3.32. The minimum absolute atomic E-state index is 0.744. The van der Waals surface area contributed by atoms with Crippen molar-refractivity contribution < 1.29 is 4.74 Å². The van der Waals surface area contributed by atoms with Gasteiger partial charge in [0.25, 0.3) is 0 Å². The van der Waals surface area contributed by atoms with Crippen molar-refractivity contribution in [1.82, 2.24) is 0 Å². The van der Waals surface area contributed by atoms with Crippen LogP contribution in [0.4, 0.5) is 11.4 Å². The normalized spacial score (nSPS) is 17.0. The minimum atomic E-state index is 0.744. The van der Waals surface area contributed by atoms with Crippen LogP contribution < -0.4 is 15.0 Å². The van der Waals surface area contributed by atoms with Gasteiger partial charge in [0.05, 0.1) is 6.54 Å². The molecule has 0 unspecified atom stereocenters. The first-order chi connectivity index (χ1) is 10.4. The summed E-state index contributed by atoms with van der Waals surface area (Å²) >= 11 is 0. The monoisotopic (exact) mass is 280 g/mol. The zero-order chi connectivity index (χ0) is 14.1. The number of hydrogen-bond donors (Lipinski definition) is 1. The van der Waals surface area contributed by atoms with Crippen molar-refractivity contribution in [2.24, 2.45) is 0 Å². The fraction of sp³-hybridized carbons (Fsp3) is 0.333. The predicted octanol–water partition coefficient (Wildman–Crippen LogP) is 3.44. The summed E-state index contributed by atoms with van der Waals surface area (Å²) in [6.45, 7) is 3.69. The standard InChI is InChI=1S/C18H20N2O/c1-2-9-18-14(5-1)13-20(11-12-21-18)17-8-3-7-16-15(17)6-4-10-19-16/h1-3,5,7-9,19H,4,6,10-13H2. The molecule has 1 N–H and O–H groups in total. The van der Waals surface area contributed by atoms with E-state index in [1.165, 1.54) is 28.9 Å². The van der Waals surface area contributed by atoms with E-state index >= 15 is 0 Å². The first-order valence-corrected chi connectivity index (χ1v) is 7.73. The predicted molar refractivity (Wildman–Crippen MR) is 86.2 cm³/mol. The third-order valence-electron chi connectivity index (χ3n) is 4.36. The third-order valence-corrected chi connectivity index (χ3v) is 4.36. The maximum Gasteiger partial charge on any atom is 0.124 e. The number of nitrogens with zero attached hydrogens (tertiary/aromatic N) is 1. The highest BCUT2D eigenvalue weighted by Crippen LogP contribution is 2.34. The second-order valence-electron chi connectivity index (χ2n) is 5.71.